The van der Waals surface area contributed by atoms with Gasteiger partial charge in [0.2, 0.25) is 0 Å². The van der Waals surface area contributed by atoms with Crippen molar-refractivity contribution < 1.29 is 4.42 Å². The van der Waals surface area contributed by atoms with Crippen LogP contribution in [0.25, 0.3) is 34.2 Å². The first kappa shape index (κ1) is 18.7. The van der Waals surface area contributed by atoms with Crippen LogP contribution in [0, 0.1) is 11.3 Å². The molecule has 2 heterocycles. The molecule has 0 aliphatic heterocycles. The van der Waals surface area contributed by atoms with Crippen LogP contribution in [0.15, 0.2) is 74.9 Å². The van der Waals surface area contributed by atoms with E-state index >= 15 is 0 Å². The molecular weight excluding hydrogens is 456 g/mol. The molecule has 3 nitrogen and oxygen atoms in total. The topological polar surface area (TPSA) is 49.8 Å². The van der Waals surface area contributed by atoms with Gasteiger partial charge in [-0.05, 0) is 36.4 Å². The highest BCUT2D eigenvalue weighted by molar-refractivity contribution is 9.10. The zero-order chi connectivity index (χ0) is 19.5. The predicted molar refractivity (Wildman–Crippen MR) is 118 cm³/mol. The van der Waals surface area contributed by atoms with Crippen molar-refractivity contribution in [1.82, 2.24) is 4.98 Å². The van der Waals surface area contributed by atoms with Crippen LogP contribution in [0.1, 0.15) is 10.8 Å². The van der Waals surface area contributed by atoms with E-state index in [0.717, 1.165) is 21.3 Å². The summed E-state index contributed by atoms with van der Waals surface area (Å²) in [6.07, 6.45) is 1.70. The summed E-state index contributed by atoms with van der Waals surface area (Å²) >= 11 is 11.1. The van der Waals surface area contributed by atoms with Gasteiger partial charge in [-0.15, -0.1) is 11.3 Å². The Morgan fingerprint density at radius 3 is 2.64 bits per heavy atom. The zero-order valence-electron chi connectivity index (χ0n) is 14.4. The van der Waals surface area contributed by atoms with Gasteiger partial charge in [-0.3, -0.25) is 0 Å². The van der Waals surface area contributed by atoms with Crippen molar-refractivity contribution in [2.75, 3.05) is 0 Å². The summed E-state index contributed by atoms with van der Waals surface area (Å²) in [4.78, 5) is 4.61. The Morgan fingerprint density at radius 1 is 1.11 bits per heavy atom. The fraction of sp³-hybridized carbons (Fsp3) is 0. The van der Waals surface area contributed by atoms with Gasteiger partial charge >= 0.3 is 0 Å². The minimum absolute atomic E-state index is 0.452. The van der Waals surface area contributed by atoms with Gasteiger partial charge in [0.25, 0.3) is 0 Å². The predicted octanol–water partition coefficient (Wildman–Crippen LogP) is 7.55. The summed E-state index contributed by atoms with van der Waals surface area (Å²) in [7, 11) is 0. The number of allylic oxidation sites excluding steroid dienone is 1. The number of thiazole rings is 1. The van der Waals surface area contributed by atoms with Crippen molar-refractivity contribution in [3.05, 3.63) is 86.3 Å². The molecule has 0 spiro atoms. The van der Waals surface area contributed by atoms with Crippen LogP contribution in [-0.4, -0.2) is 4.98 Å². The van der Waals surface area contributed by atoms with Gasteiger partial charge in [0, 0.05) is 27.1 Å². The molecule has 0 unspecified atom stereocenters. The maximum atomic E-state index is 9.60. The minimum Gasteiger partial charge on any atom is -0.457 e. The third-order valence-corrected chi connectivity index (χ3v) is 5.78. The molecule has 4 rings (SSSR count). The van der Waals surface area contributed by atoms with E-state index in [4.69, 9.17) is 16.0 Å². The lowest BCUT2D eigenvalue weighted by atomic mass is 10.2. The van der Waals surface area contributed by atoms with E-state index in [9.17, 15) is 5.26 Å². The number of aromatic nitrogens is 1. The molecule has 0 fully saturated rings. The van der Waals surface area contributed by atoms with Crippen molar-refractivity contribution in [1.29, 1.82) is 5.26 Å². The lowest BCUT2D eigenvalue weighted by Gasteiger charge is -1.99. The van der Waals surface area contributed by atoms with Crippen LogP contribution in [0.5, 0.6) is 0 Å². The molecule has 0 atom stereocenters. The molecule has 136 valence electrons. The lowest BCUT2D eigenvalue weighted by molar-refractivity contribution is 0.572. The molecule has 0 aliphatic rings. The molecule has 0 amide bonds. The maximum absolute atomic E-state index is 9.60. The van der Waals surface area contributed by atoms with E-state index in [2.05, 4.69) is 27.0 Å². The summed E-state index contributed by atoms with van der Waals surface area (Å²) in [6, 6.07) is 21.3. The zero-order valence-corrected chi connectivity index (χ0v) is 17.6. The fourth-order valence-electron chi connectivity index (χ4n) is 2.67. The number of halogens is 2. The number of nitriles is 1. The van der Waals surface area contributed by atoms with Crippen LogP contribution in [0.4, 0.5) is 0 Å². The van der Waals surface area contributed by atoms with Gasteiger partial charge in [-0.1, -0.05) is 51.8 Å². The molecule has 0 aliphatic carbocycles. The molecule has 0 N–H and O–H groups in total. The molecule has 0 saturated heterocycles. The maximum Gasteiger partial charge on any atom is 0.136 e. The quantitative estimate of drug-likeness (QED) is 0.291. The van der Waals surface area contributed by atoms with Crippen LogP contribution >= 0.6 is 38.9 Å². The highest BCUT2D eigenvalue weighted by atomic mass is 79.9. The highest BCUT2D eigenvalue weighted by Crippen LogP contribution is 2.31. The molecule has 6 heteroatoms. The average molecular weight is 468 g/mol. The lowest BCUT2D eigenvalue weighted by Crippen LogP contribution is -1.82. The molecule has 0 bridgehead atoms. The number of nitrogens with zero attached hydrogens (tertiary/aromatic N) is 2. The van der Waals surface area contributed by atoms with Crippen molar-refractivity contribution >= 4 is 50.5 Å². The third-order valence-electron chi connectivity index (χ3n) is 4.05. The normalized spacial score (nSPS) is 11.4. The van der Waals surface area contributed by atoms with Crippen LogP contribution in [0.2, 0.25) is 5.02 Å². The number of hydrogen-bond donors (Lipinski definition) is 0. The Labute approximate surface area is 179 Å². The summed E-state index contributed by atoms with van der Waals surface area (Å²) < 4.78 is 6.88. The largest absolute Gasteiger partial charge is 0.457 e. The first-order valence-electron chi connectivity index (χ1n) is 8.32. The first-order valence-corrected chi connectivity index (χ1v) is 10.4. The second-order valence-electron chi connectivity index (χ2n) is 5.90. The molecular formula is C22H12BrClN2OS. The van der Waals surface area contributed by atoms with Crippen LogP contribution in [0.3, 0.4) is 0 Å². The van der Waals surface area contributed by atoms with Gasteiger partial charge in [-0.2, -0.15) is 5.26 Å². The summed E-state index contributed by atoms with van der Waals surface area (Å²) in [5, 5.41) is 12.8. The molecule has 4 aromatic rings. The van der Waals surface area contributed by atoms with E-state index in [0.29, 0.717) is 27.1 Å². The molecule has 28 heavy (non-hydrogen) atoms. The van der Waals surface area contributed by atoms with Crippen molar-refractivity contribution in [2.45, 2.75) is 0 Å². The van der Waals surface area contributed by atoms with Crippen molar-refractivity contribution in [3.8, 4) is 28.7 Å². The number of rotatable bonds is 4. The monoisotopic (exact) mass is 466 g/mol. The molecule has 2 aromatic heterocycles. The number of hydrogen-bond acceptors (Lipinski definition) is 4. The van der Waals surface area contributed by atoms with Gasteiger partial charge in [-0.25, -0.2) is 4.98 Å². The van der Waals surface area contributed by atoms with Crippen molar-refractivity contribution in [3.63, 3.8) is 0 Å². The van der Waals surface area contributed by atoms with Gasteiger partial charge in [0.1, 0.15) is 22.6 Å². The Hall–Kier alpha value is -2.65. The van der Waals surface area contributed by atoms with E-state index in [1.54, 1.807) is 6.08 Å². The summed E-state index contributed by atoms with van der Waals surface area (Å²) in [5.41, 5.74) is 3.11. The SMILES string of the molecule is N#CC(=Cc1ccc(-c2ccccc2Cl)o1)c1nc(-c2ccc(Br)cc2)cs1. The minimum atomic E-state index is 0.452. The number of benzene rings is 2. The van der Waals surface area contributed by atoms with Crippen LogP contribution < -0.4 is 0 Å². The van der Waals surface area contributed by atoms with E-state index in [1.807, 2.05) is 66.0 Å². The fourth-order valence-corrected chi connectivity index (χ4v) is 3.96. The molecule has 0 radical (unpaired) electrons. The van der Waals surface area contributed by atoms with Crippen LogP contribution in [-0.2, 0) is 0 Å². The van der Waals surface area contributed by atoms with E-state index in [1.165, 1.54) is 11.3 Å². The van der Waals surface area contributed by atoms with Crippen molar-refractivity contribution in [2.24, 2.45) is 0 Å². The number of furan rings is 1. The Bertz CT molecular complexity index is 1200. The van der Waals surface area contributed by atoms with E-state index < -0.39 is 0 Å². The Kier molecular flexibility index (Phi) is 5.45. The first-order chi connectivity index (χ1) is 13.6. The Balaban J connectivity index is 1.63. The molecule has 0 saturated carbocycles. The highest BCUT2D eigenvalue weighted by Gasteiger charge is 2.12. The average Bonchev–Trinajstić information content (AvgIpc) is 3.37. The van der Waals surface area contributed by atoms with Gasteiger partial charge in [0.15, 0.2) is 0 Å². The standard InChI is InChI=1S/C22H12BrClN2OS/c23-16-7-5-14(6-8-16)20-13-28-22(26-20)15(12-25)11-17-9-10-21(27-17)18-3-1-2-4-19(18)24/h1-11,13H. The van der Waals surface area contributed by atoms with Gasteiger partial charge < -0.3 is 4.42 Å². The third kappa shape index (κ3) is 3.95. The Morgan fingerprint density at radius 2 is 1.89 bits per heavy atom. The summed E-state index contributed by atoms with van der Waals surface area (Å²) in [5.74, 6) is 1.23. The smallest absolute Gasteiger partial charge is 0.136 e. The van der Waals surface area contributed by atoms with Gasteiger partial charge in [0.05, 0.1) is 16.3 Å². The molecule has 2 aromatic carbocycles. The van der Waals surface area contributed by atoms with E-state index in [-0.39, 0.29) is 0 Å². The second kappa shape index (κ2) is 8.15. The second-order valence-corrected chi connectivity index (χ2v) is 8.08. The summed E-state index contributed by atoms with van der Waals surface area (Å²) in [6.45, 7) is 0.